The summed E-state index contributed by atoms with van der Waals surface area (Å²) in [5.41, 5.74) is 0.852. The fourth-order valence-corrected chi connectivity index (χ4v) is 2.63. The van der Waals surface area contributed by atoms with Gasteiger partial charge in [0.2, 0.25) is 0 Å². The molecular weight excluding hydrogens is 312 g/mol. The molecule has 0 aliphatic carbocycles. The monoisotopic (exact) mass is 330 g/mol. The van der Waals surface area contributed by atoms with Crippen LogP contribution in [0.15, 0.2) is 35.3 Å². The predicted octanol–water partition coefficient (Wildman–Crippen LogP) is 1.43. The minimum atomic E-state index is -0.322. The number of rotatable bonds is 3. The number of methoxy groups -OCH3 is 2. The molecule has 1 aliphatic rings. The molecule has 0 fully saturated rings. The van der Waals surface area contributed by atoms with Crippen molar-refractivity contribution in [1.29, 1.82) is 0 Å². The van der Waals surface area contributed by atoms with Crippen molar-refractivity contribution in [2.75, 3.05) is 27.4 Å². The number of H-pyrrole nitrogens is 1. The van der Waals surface area contributed by atoms with Crippen LogP contribution in [-0.2, 0) is 6.54 Å². The summed E-state index contributed by atoms with van der Waals surface area (Å²) in [7, 11) is 3.02. The van der Waals surface area contributed by atoms with Crippen molar-refractivity contribution in [3.8, 4) is 17.2 Å². The second kappa shape index (κ2) is 6.66. The van der Waals surface area contributed by atoms with E-state index >= 15 is 0 Å². The molecule has 24 heavy (non-hydrogen) atoms. The summed E-state index contributed by atoms with van der Waals surface area (Å²) >= 11 is 0. The molecule has 0 spiro atoms. The van der Waals surface area contributed by atoms with E-state index in [2.05, 4.69) is 4.98 Å². The molecule has 1 aromatic carbocycles. The number of aromatic amines is 1. The Morgan fingerprint density at radius 1 is 1.25 bits per heavy atom. The minimum absolute atomic E-state index is 0.234. The van der Waals surface area contributed by atoms with Gasteiger partial charge in [-0.25, -0.2) is 0 Å². The van der Waals surface area contributed by atoms with Gasteiger partial charge in [0, 0.05) is 24.4 Å². The van der Waals surface area contributed by atoms with Crippen LogP contribution < -0.4 is 19.8 Å². The summed E-state index contributed by atoms with van der Waals surface area (Å²) in [5, 5.41) is 0. The van der Waals surface area contributed by atoms with Gasteiger partial charge in [0.05, 0.1) is 26.3 Å². The number of pyridine rings is 1. The first-order valence-corrected chi connectivity index (χ1v) is 7.48. The summed E-state index contributed by atoms with van der Waals surface area (Å²) in [5.74, 6) is 1.45. The van der Waals surface area contributed by atoms with Crippen LogP contribution in [-0.4, -0.2) is 43.2 Å². The number of carbonyl (C=O) groups excluding carboxylic acids is 1. The van der Waals surface area contributed by atoms with Gasteiger partial charge in [0.1, 0.15) is 23.9 Å². The normalized spacial score (nSPS) is 13.5. The molecular formula is C17H18N2O5. The molecule has 0 atom stereocenters. The Balaban J connectivity index is 1.91. The first kappa shape index (κ1) is 15.9. The second-order valence-corrected chi connectivity index (χ2v) is 5.33. The van der Waals surface area contributed by atoms with Crippen molar-refractivity contribution in [2.45, 2.75) is 6.54 Å². The van der Waals surface area contributed by atoms with Crippen LogP contribution in [0.1, 0.15) is 15.9 Å². The SMILES string of the molecule is COc1ccc2c(c1)CN(C(=O)c1c[nH]c(=O)cc1OC)CCO2. The average molecular weight is 330 g/mol. The first-order valence-electron chi connectivity index (χ1n) is 7.48. The number of fused-ring (bicyclic) bond motifs is 1. The maximum Gasteiger partial charge on any atom is 0.259 e. The molecule has 1 aliphatic heterocycles. The van der Waals surface area contributed by atoms with E-state index in [9.17, 15) is 9.59 Å². The lowest BCUT2D eigenvalue weighted by Crippen LogP contribution is -2.33. The molecule has 7 heteroatoms. The molecule has 0 unspecified atom stereocenters. The second-order valence-electron chi connectivity index (χ2n) is 5.33. The van der Waals surface area contributed by atoms with Crippen molar-refractivity contribution >= 4 is 5.91 Å². The summed E-state index contributed by atoms with van der Waals surface area (Å²) in [4.78, 5) is 28.4. The van der Waals surface area contributed by atoms with E-state index in [0.717, 1.165) is 11.3 Å². The number of amides is 1. The molecule has 2 aromatic rings. The van der Waals surface area contributed by atoms with E-state index in [1.807, 2.05) is 18.2 Å². The van der Waals surface area contributed by atoms with E-state index in [0.29, 0.717) is 31.0 Å². The molecule has 2 heterocycles. The third-order valence-corrected chi connectivity index (χ3v) is 3.87. The van der Waals surface area contributed by atoms with Gasteiger partial charge in [0.25, 0.3) is 11.5 Å². The highest BCUT2D eigenvalue weighted by Gasteiger charge is 2.24. The zero-order chi connectivity index (χ0) is 17.1. The highest BCUT2D eigenvalue weighted by atomic mass is 16.5. The van der Waals surface area contributed by atoms with Crippen LogP contribution in [0.2, 0.25) is 0 Å². The fourth-order valence-electron chi connectivity index (χ4n) is 2.63. The summed E-state index contributed by atoms with van der Waals surface area (Å²) < 4.78 is 16.1. The van der Waals surface area contributed by atoms with Gasteiger partial charge < -0.3 is 24.1 Å². The zero-order valence-corrected chi connectivity index (χ0v) is 13.5. The maximum absolute atomic E-state index is 12.8. The molecule has 1 aromatic heterocycles. The van der Waals surface area contributed by atoms with Crippen LogP contribution in [0, 0.1) is 0 Å². The number of nitrogens with one attached hydrogen (secondary N) is 1. The number of hydrogen-bond donors (Lipinski definition) is 1. The molecule has 3 rings (SSSR count). The number of nitrogens with zero attached hydrogens (tertiary/aromatic N) is 1. The lowest BCUT2D eigenvalue weighted by atomic mass is 10.1. The van der Waals surface area contributed by atoms with Gasteiger partial charge in [-0.15, -0.1) is 0 Å². The zero-order valence-electron chi connectivity index (χ0n) is 13.5. The third-order valence-electron chi connectivity index (χ3n) is 3.87. The number of hydrogen-bond acceptors (Lipinski definition) is 5. The van der Waals surface area contributed by atoms with Gasteiger partial charge in [0.15, 0.2) is 0 Å². The van der Waals surface area contributed by atoms with Crippen molar-refractivity contribution in [2.24, 2.45) is 0 Å². The highest BCUT2D eigenvalue weighted by Crippen LogP contribution is 2.28. The fraction of sp³-hybridized carbons (Fsp3) is 0.294. The van der Waals surface area contributed by atoms with E-state index in [4.69, 9.17) is 14.2 Å². The lowest BCUT2D eigenvalue weighted by molar-refractivity contribution is 0.0729. The molecule has 0 radical (unpaired) electrons. The number of aromatic nitrogens is 1. The summed E-state index contributed by atoms with van der Waals surface area (Å²) in [6.07, 6.45) is 1.38. The summed E-state index contributed by atoms with van der Waals surface area (Å²) in [6, 6.07) is 6.77. The molecule has 0 saturated heterocycles. The molecule has 1 amide bonds. The van der Waals surface area contributed by atoms with Gasteiger partial charge in [-0.2, -0.15) is 0 Å². The molecule has 0 bridgehead atoms. The molecule has 1 N–H and O–H groups in total. The Morgan fingerprint density at radius 2 is 2.08 bits per heavy atom. The maximum atomic E-state index is 12.8. The predicted molar refractivity (Wildman–Crippen MR) is 86.8 cm³/mol. The molecule has 126 valence electrons. The highest BCUT2D eigenvalue weighted by molar-refractivity contribution is 5.96. The number of carbonyl (C=O) groups is 1. The van der Waals surface area contributed by atoms with E-state index in [1.54, 1.807) is 12.0 Å². The largest absolute Gasteiger partial charge is 0.497 e. The Kier molecular flexibility index (Phi) is 4.41. The average Bonchev–Trinajstić information content (AvgIpc) is 2.82. The smallest absolute Gasteiger partial charge is 0.259 e. The Hall–Kier alpha value is -2.96. The van der Waals surface area contributed by atoms with Gasteiger partial charge in [-0.05, 0) is 18.2 Å². The minimum Gasteiger partial charge on any atom is -0.497 e. The topological polar surface area (TPSA) is 80.9 Å². The Bertz CT molecular complexity index is 815. The number of benzene rings is 1. The van der Waals surface area contributed by atoms with E-state index in [-0.39, 0.29) is 17.2 Å². The van der Waals surface area contributed by atoms with E-state index < -0.39 is 0 Å². The van der Waals surface area contributed by atoms with Crippen molar-refractivity contribution in [3.05, 3.63) is 51.9 Å². The Morgan fingerprint density at radius 3 is 2.83 bits per heavy atom. The molecule has 7 nitrogen and oxygen atoms in total. The van der Waals surface area contributed by atoms with Crippen molar-refractivity contribution < 1.29 is 19.0 Å². The van der Waals surface area contributed by atoms with Crippen LogP contribution in [0.25, 0.3) is 0 Å². The van der Waals surface area contributed by atoms with Gasteiger partial charge in [-0.3, -0.25) is 9.59 Å². The van der Waals surface area contributed by atoms with Crippen LogP contribution in [0.4, 0.5) is 0 Å². The third kappa shape index (κ3) is 3.05. The van der Waals surface area contributed by atoms with Crippen LogP contribution >= 0.6 is 0 Å². The van der Waals surface area contributed by atoms with Crippen molar-refractivity contribution in [1.82, 2.24) is 9.88 Å². The van der Waals surface area contributed by atoms with Gasteiger partial charge >= 0.3 is 0 Å². The van der Waals surface area contributed by atoms with Crippen LogP contribution in [0.3, 0.4) is 0 Å². The van der Waals surface area contributed by atoms with Crippen LogP contribution in [0.5, 0.6) is 17.2 Å². The Labute approximate surface area is 138 Å². The number of ether oxygens (including phenoxy) is 3. The van der Waals surface area contributed by atoms with Crippen molar-refractivity contribution in [3.63, 3.8) is 0 Å². The quantitative estimate of drug-likeness (QED) is 0.921. The lowest BCUT2D eigenvalue weighted by Gasteiger charge is -2.21. The standard InChI is InChI=1S/C17H18N2O5/c1-22-12-3-4-14-11(7-12)10-19(5-6-24-14)17(21)13-9-18-16(20)8-15(13)23-2/h3-4,7-9H,5-6,10H2,1-2H3,(H,18,20). The first-order chi connectivity index (χ1) is 11.6. The molecule has 0 saturated carbocycles. The van der Waals surface area contributed by atoms with Gasteiger partial charge in [-0.1, -0.05) is 0 Å². The summed E-state index contributed by atoms with van der Waals surface area (Å²) in [6.45, 7) is 1.20. The van der Waals surface area contributed by atoms with E-state index in [1.165, 1.54) is 19.4 Å².